The Hall–Kier alpha value is -2.12. The molecule has 2 heteroatoms. The number of fused-ring (bicyclic) bond motifs is 1. The normalized spacial score (nSPS) is 10.7. The standard InChI is InChI=1S/C18H14ClN/c1-3-16-12(2)11-14-5-4-10-20-18(14)17(16)13-6-8-15(19)9-7-13/h3-11H,1H2,2H3. The highest BCUT2D eigenvalue weighted by molar-refractivity contribution is 6.30. The van der Waals surface area contributed by atoms with Crippen LogP contribution in [0.3, 0.4) is 0 Å². The van der Waals surface area contributed by atoms with E-state index in [4.69, 9.17) is 11.6 Å². The van der Waals surface area contributed by atoms with Crippen LogP contribution in [0, 0.1) is 6.92 Å². The topological polar surface area (TPSA) is 12.9 Å². The summed E-state index contributed by atoms with van der Waals surface area (Å²) in [4.78, 5) is 4.55. The van der Waals surface area contributed by atoms with Crippen LogP contribution < -0.4 is 0 Å². The van der Waals surface area contributed by atoms with Gasteiger partial charge >= 0.3 is 0 Å². The molecule has 0 bridgehead atoms. The summed E-state index contributed by atoms with van der Waals surface area (Å²) in [7, 11) is 0. The molecule has 0 spiro atoms. The quantitative estimate of drug-likeness (QED) is 0.603. The predicted octanol–water partition coefficient (Wildman–Crippen LogP) is 5.51. The van der Waals surface area contributed by atoms with Gasteiger partial charge in [-0.15, -0.1) is 0 Å². The largest absolute Gasteiger partial charge is 0.256 e. The summed E-state index contributed by atoms with van der Waals surface area (Å²) in [6.07, 6.45) is 3.72. The molecule has 0 N–H and O–H groups in total. The fraction of sp³-hybridized carbons (Fsp3) is 0.0556. The Bertz CT molecular complexity index is 788. The fourth-order valence-electron chi connectivity index (χ4n) is 2.55. The lowest BCUT2D eigenvalue weighted by molar-refractivity contribution is 1.38. The molecule has 1 heterocycles. The number of hydrogen-bond donors (Lipinski definition) is 0. The zero-order chi connectivity index (χ0) is 14.1. The summed E-state index contributed by atoms with van der Waals surface area (Å²) >= 11 is 5.99. The Morgan fingerprint density at radius 3 is 2.60 bits per heavy atom. The van der Waals surface area contributed by atoms with Gasteiger partial charge in [-0.3, -0.25) is 4.98 Å². The number of nitrogens with zero attached hydrogens (tertiary/aromatic N) is 1. The van der Waals surface area contributed by atoms with Gasteiger partial charge in [0.25, 0.3) is 0 Å². The molecular weight excluding hydrogens is 266 g/mol. The molecular formula is C18H14ClN. The van der Waals surface area contributed by atoms with Gasteiger partial charge in [-0.25, -0.2) is 0 Å². The molecule has 0 amide bonds. The minimum atomic E-state index is 0.735. The van der Waals surface area contributed by atoms with E-state index < -0.39 is 0 Å². The number of benzene rings is 2. The molecule has 0 atom stereocenters. The van der Waals surface area contributed by atoms with Crippen LogP contribution in [0.15, 0.2) is 55.2 Å². The number of aromatic nitrogens is 1. The molecule has 0 aliphatic rings. The van der Waals surface area contributed by atoms with E-state index in [0.29, 0.717) is 0 Å². The Labute approximate surface area is 123 Å². The summed E-state index contributed by atoms with van der Waals surface area (Å²) in [6.45, 7) is 6.05. The minimum absolute atomic E-state index is 0.735. The second-order valence-corrected chi connectivity index (χ2v) is 5.20. The first-order chi connectivity index (χ1) is 9.70. The van der Waals surface area contributed by atoms with E-state index in [1.807, 2.05) is 42.6 Å². The van der Waals surface area contributed by atoms with Crippen molar-refractivity contribution in [3.05, 3.63) is 71.4 Å². The number of halogens is 1. The van der Waals surface area contributed by atoms with E-state index in [2.05, 4.69) is 30.6 Å². The molecule has 0 aliphatic heterocycles. The lowest BCUT2D eigenvalue weighted by Crippen LogP contribution is -1.92. The number of hydrogen-bond acceptors (Lipinski definition) is 1. The Kier molecular flexibility index (Phi) is 3.29. The highest BCUT2D eigenvalue weighted by Gasteiger charge is 2.11. The van der Waals surface area contributed by atoms with Gasteiger partial charge in [-0.2, -0.15) is 0 Å². The molecule has 0 radical (unpaired) electrons. The molecule has 98 valence electrons. The first-order valence-corrected chi connectivity index (χ1v) is 6.85. The molecule has 2 aromatic carbocycles. The Morgan fingerprint density at radius 1 is 1.15 bits per heavy atom. The third-order valence-electron chi connectivity index (χ3n) is 3.48. The molecule has 0 saturated heterocycles. The van der Waals surface area contributed by atoms with Crippen molar-refractivity contribution in [2.24, 2.45) is 0 Å². The smallest absolute Gasteiger partial charge is 0.0786 e. The monoisotopic (exact) mass is 279 g/mol. The van der Waals surface area contributed by atoms with Crippen molar-refractivity contribution >= 4 is 28.6 Å². The van der Waals surface area contributed by atoms with Crippen LogP contribution in [0.25, 0.3) is 28.1 Å². The number of rotatable bonds is 2. The molecule has 0 saturated carbocycles. The molecule has 3 aromatic rings. The van der Waals surface area contributed by atoms with E-state index in [1.54, 1.807) is 0 Å². The maximum Gasteiger partial charge on any atom is 0.0786 e. The first kappa shape index (κ1) is 12.9. The van der Waals surface area contributed by atoms with Crippen molar-refractivity contribution in [3.63, 3.8) is 0 Å². The first-order valence-electron chi connectivity index (χ1n) is 6.47. The van der Waals surface area contributed by atoms with Gasteiger partial charge in [0.1, 0.15) is 0 Å². The fourth-order valence-corrected chi connectivity index (χ4v) is 2.68. The van der Waals surface area contributed by atoms with Crippen LogP contribution in [-0.2, 0) is 0 Å². The maximum absolute atomic E-state index is 5.99. The highest BCUT2D eigenvalue weighted by Crippen LogP contribution is 2.34. The zero-order valence-corrected chi connectivity index (χ0v) is 12.0. The van der Waals surface area contributed by atoms with E-state index in [9.17, 15) is 0 Å². The Balaban J connectivity index is 2.42. The van der Waals surface area contributed by atoms with Crippen LogP contribution in [0.5, 0.6) is 0 Å². The lowest BCUT2D eigenvalue weighted by atomic mass is 9.93. The second kappa shape index (κ2) is 5.10. The van der Waals surface area contributed by atoms with Crippen LogP contribution >= 0.6 is 11.6 Å². The van der Waals surface area contributed by atoms with Crippen LogP contribution in [0.1, 0.15) is 11.1 Å². The van der Waals surface area contributed by atoms with Gasteiger partial charge in [0.2, 0.25) is 0 Å². The molecule has 3 rings (SSSR count). The van der Waals surface area contributed by atoms with Crippen molar-refractivity contribution in [1.29, 1.82) is 0 Å². The van der Waals surface area contributed by atoms with E-state index in [0.717, 1.165) is 32.6 Å². The molecule has 0 unspecified atom stereocenters. The predicted molar refractivity (Wildman–Crippen MR) is 87.0 cm³/mol. The van der Waals surface area contributed by atoms with E-state index in [1.165, 1.54) is 5.56 Å². The van der Waals surface area contributed by atoms with Crippen molar-refractivity contribution in [2.45, 2.75) is 6.92 Å². The van der Waals surface area contributed by atoms with Gasteiger partial charge in [0.05, 0.1) is 5.52 Å². The van der Waals surface area contributed by atoms with E-state index in [-0.39, 0.29) is 0 Å². The summed E-state index contributed by atoms with van der Waals surface area (Å²) in [5, 5.41) is 1.87. The van der Waals surface area contributed by atoms with Crippen LogP contribution in [-0.4, -0.2) is 4.98 Å². The average Bonchev–Trinajstić information content (AvgIpc) is 2.47. The second-order valence-electron chi connectivity index (χ2n) is 4.77. The van der Waals surface area contributed by atoms with Crippen molar-refractivity contribution in [3.8, 4) is 11.1 Å². The molecule has 0 aliphatic carbocycles. The molecule has 20 heavy (non-hydrogen) atoms. The summed E-state index contributed by atoms with van der Waals surface area (Å²) < 4.78 is 0. The summed E-state index contributed by atoms with van der Waals surface area (Å²) in [6, 6.07) is 14.1. The molecule has 1 aromatic heterocycles. The Morgan fingerprint density at radius 2 is 1.90 bits per heavy atom. The van der Waals surface area contributed by atoms with Gasteiger partial charge in [-0.1, -0.05) is 42.5 Å². The van der Waals surface area contributed by atoms with E-state index >= 15 is 0 Å². The van der Waals surface area contributed by atoms with Crippen LogP contribution in [0.2, 0.25) is 5.02 Å². The van der Waals surface area contributed by atoms with Gasteiger partial charge < -0.3 is 0 Å². The lowest BCUT2D eigenvalue weighted by Gasteiger charge is -2.13. The third-order valence-corrected chi connectivity index (χ3v) is 3.73. The summed E-state index contributed by atoms with van der Waals surface area (Å²) in [5.41, 5.74) is 5.54. The highest BCUT2D eigenvalue weighted by atomic mass is 35.5. The van der Waals surface area contributed by atoms with Gasteiger partial charge in [0, 0.05) is 22.2 Å². The van der Waals surface area contributed by atoms with Crippen molar-refractivity contribution in [1.82, 2.24) is 4.98 Å². The van der Waals surface area contributed by atoms with Crippen molar-refractivity contribution < 1.29 is 0 Å². The number of pyridine rings is 1. The molecule has 0 fully saturated rings. The third kappa shape index (κ3) is 2.10. The summed E-state index contributed by atoms with van der Waals surface area (Å²) in [5.74, 6) is 0. The van der Waals surface area contributed by atoms with Crippen LogP contribution in [0.4, 0.5) is 0 Å². The maximum atomic E-state index is 5.99. The average molecular weight is 280 g/mol. The van der Waals surface area contributed by atoms with Gasteiger partial charge in [-0.05, 0) is 47.9 Å². The van der Waals surface area contributed by atoms with Crippen molar-refractivity contribution in [2.75, 3.05) is 0 Å². The SMILES string of the molecule is C=Cc1c(C)cc2cccnc2c1-c1ccc(Cl)cc1. The molecule has 1 nitrogen and oxygen atoms in total. The zero-order valence-electron chi connectivity index (χ0n) is 11.2. The minimum Gasteiger partial charge on any atom is -0.256 e. The van der Waals surface area contributed by atoms with Gasteiger partial charge in [0.15, 0.2) is 0 Å². The number of aryl methyl sites for hydroxylation is 1.